The number of carbonyl (C=O) groups excluding carboxylic acids is 1. The fraction of sp³-hybridized carbons (Fsp3) is 0.188. The minimum Gasteiger partial charge on any atom is -0.331 e. The predicted molar refractivity (Wildman–Crippen MR) is 77.7 cm³/mol. The average Bonchev–Trinajstić information content (AvgIpc) is 2.76. The summed E-state index contributed by atoms with van der Waals surface area (Å²) in [5.74, 6) is 0.756. The smallest absolute Gasteiger partial charge is 0.188 e. The number of imidazole rings is 1. The normalized spacial score (nSPS) is 10.9. The van der Waals surface area contributed by atoms with Crippen molar-refractivity contribution >= 4 is 16.8 Å². The summed E-state index contributed by atoms with van der Waals surface area (Å²) in [5.41, 5.74) is 3.48. The second-order valence-electron chi connectivity index (χ2n) is 4.89. The molecule has 0 unspecified atom stereocenters. The van der Waals surface area contributed by atoms with E-state index in [4.69, 9.17) is 0 Å². The molecule has 2 heterocycles. The molecule has 0 saturated carbocycles. The maximum absolute atomic E-state index is 12.3. The molecule has 0 saturated heterocycles. The second kappa shape index (κ2) is 4.89. The van der Waals surface area contributed by atoms with Crippen LogP contribution in [0.25, 0.3) is 11.0 Å². The SMILES string of the molecule is Cc1ccnc(C(=O)Cc2nc3ccccc3n2C)c1. The van der Waals surface area contributed by atoms with Crippen LogP contribution in [0.4, 0.5) is 0 Å². The molecule has 4 heteroatoms. The Kier molecular flexibility index (Phi) is 3.06. The highest BCUT2D eigenvalue weighted by atomic mass is 16.1. The zero-order valence-electron chi connectivity index (χ0n) is 11.5. The first-order valence-corrected chi connectivity index (χ1v) is 6.51. The van der Waals surface area contributed by atoms with E-state index in [2.05, 4.69) is 9.97 Å². The monoisotopic (exact) mass is 265 g/mol. The fourth-order valence-electron chi connectivity index (χ4n) is 2.28. The standard InChI is InChI=1S/C16H15N3O/c1-11-7-8-17-13(9-11)15(20)10-16-18-12-5-3-4-6-14(12)19(16)2/h3-9H,10H2,1-2H3. The molecule has 2 aromatic heterocycles. The molecular formula is C16H15N3O. The maximum atomic E-state index is 12.3. The third kappa shape index (κ3) is 2.20. The van der Waals surface area contributed by atoms with Gasteiger partial charge in [0.15, 0.2) is 5.78 Å². The molecule has 0 aliphatic heterocycles. The molecule has 0 radical (unpaired) electrons. The molecule has 0 N–H and O–H groups in total. The number of rotatable bonds is 3. The lowest BCUT2D eigenvalue weighted by molar-refractivity contribution is 0.0985. The minimum atomic E-state index is -0.00731. The van der Waals surface area contributed by atoms with Crippen LogP contribution in [0.3, 0.4) is 0 Å². The average molecular weight is 265 g/mol. The van der Waals surface area contributed by atoms with Gasteiger partial charge in [0.2, 0.25) is 0 Å². The van der Waals surface area contributed by atoms with Crippen molar-refractivity contribution in [3.05, 3.63) is 59.7 Å². The molecule has 100 valence electrons. The van der Waals surface area contributed by atoms with Gasteiger partial charge in [0.05, 0.1) is 17.5 Å². The molecule has 3 aromatic rings. The number of pyridine rings is 1. The van der Waals surface area contributed by atoms with Gasteiger partial charge >= 0.3 is 0 Å². The van der Waals surface area contributed by atoms with Crippen molar-refractivity contribution in [2.45, 2.75) is 13.3 Å². The highest BCUT2D eigenvalue weighted by Crippen LogP contribution is 2.15. The van der Waals surface area contributed by atoms with Gasteiger partial charge < -0.3 is 4.57 Å². The Morgan fingerprint density at radius 1 is 1.25 bits per heavy atom. The quantitative estimate of drug-likeness (QED) is 0.684. The van der Waals surface area contributed by atoms with Gasteiger partial charge in [0.25, 0.3) is 0 Å². The fourth-order valence-corrected chi connectivity index (χ4v) is 2.28. The van der Waals surface area contributed by atoms with E-state index in [1.807, 2.05) is 54.9 Å². The van der Waals surface area contributed by atoms with Gasteiger partial charge in [-0.3, -0.25) is 9.78 Å². The van der Waals surface area contributed by atoms with Gasteiger partial charge in [-0.1, -0.05) is 12.1 Å². The summed E-state index contributed by atoms with van der Waals surface area (Å²) >= 11 is 0. The van der Waals surface area contributed by atoms with Gasteiger partial charge in [-0.15, -0.1) is 0 Å². The van der Waals surface area contributed by atoms with Crippen molar-refractivity contribution < 1.29 is 4.79 Å². The van der Waals surface area contributed by atoms with Crippen LogP contribution in [0.1, 0.15) is 21.9 Å². The van der Waals surface area contributed by atoms with E-state index >= 15 is 0 Å². The number of para-hydroxylation sites is 2. The Morgan fingerprint density at radius 2 is 2.05 bits per heavy atom. The molecule has 0 aliphatic carbocycles. The number of nitrogens with zero attached hydrogens (tertiary/aromatic N) is 3. The summed E-state index contributed by atoms with van der Waals surface area (Å²) in [5, 5.41) is 0. The van der Waals surface area contributed by atoms with Crippen LogP contribution in [0.5, 0.6) is 0 Å². The Bertz CT molecular complexity index is 789. The highest BCUT2D eigenvalue weighted by molar-refractivity contribution is 5.95. The predicted octanol–water partition coefficient (Wildman–Crippen LogP) is 2.70. The number of aryl methyl sites for hydroxylation is 2. The Labute approximate surface area is 117 Å². The van der Waals surface area contributed by atoms with E-state index in [1.165, 1.54) is 0 Å². The van der Waals surface area contributed by atoms with E-state index in [9.17, 15) is 4.79 Å². The van der Waals surface area contributed by atoms with Crippen molar-refractivity contribution in [3.63, 3.8) is 0 Å². The molecule has 0 bridgehead atoms. The summed E-state index contributed by atoms with van der Waals surface area (Å²) in [6.45, 7) is 1.95. The third-order valence-electron chi connectivity index (χ3n) is 3.40. The van der Waals surface area contributed by atoms with E-state index in [1.54, 1.807) is 6.20 Å². The molecule has 0 atom stereocenters. The number of benzene rings is 1. The molecule has 0 amide bonds. The van der Waals surface area contributed by atoms with Gasteiger partial charge in [-0.05, 0) is 36.8 Å². The van der Waals surface area contributed by atoms with Gasteiger partial charge in [0.1, 0.15) is 11.5 Å². The maximum Gasteiger partial charge on any atom is 0.188 e. The number of carbonyl (C=O) groups is 1. The number of fused-ring (bicyclic) bond motifs is 1. The van der Waals surface area contributed by atoms with Crippen molar-refractivity contribution in [2.24, 2.45) is 7.05 Å². The molecule has 0 fully saturated rings. The van der Waals surface area contributed by atoms with Crippen molar-refractivity contribution in [1.29, 1.82) is 0 Å². The Morgan fingerprint density at radius 3 is 2.80 bits per heavy atom. The Hall–Kier alpha value is -2.49. The number of hydrogen-bond acceptors (Lipinski definition) is 3. The van der Waals surface area contributed by atoms with Gasteiger partial charge in [-0.25, -0.2) is 4.98 Å². The van der Waals surface area contributed by atoms with Gasteiger partial charge in [0, 0.05) is 13.2 Å². The molecule has 3 rings (SSSR count). The van der Waals surface area contributed by atoms with Crippen LogP contribution < -0.4 is 0 Å². The molecule has 0 aliphatic rings. The number of Topliss-reactive ketones (excluding diaryl/α,β-unsaturated/α-hetero) is 1. The Balaban J connectivity index is 1.93. The lowest BCUT2D eigenvalue weighted by atomic mass is 10.1. The number of aromatic nitrogens is 3. The molecule has 4 nitrogen and oxygen atoms in total. The molecule has 0 spiro atoms. The molecule has 1 aromatic carbocycles. The second-order valence-corrected chi connectivity index (χ2v) is 4.89. The number of ketones is 1. The first kappa shape index (κ1) is 12.5. The van der Waals surface area contributed by atoms with E-state index in [0.717, 1.165) is 22.4 Å². The lowest BCUT2D eigenvalue weighted by Crippen LogP contribution is -2.10. The van der Waals surface area contributed by atoms with Gasteiger partial charge in [-0.2, -0.15) is 0 Å². The largest absolute Gasteiger partial charge is 0.331 e. The zero-order chi connectivity index (χ0) is 14.1. The molecule has 20 heavy (non-hydrogen) atoms. The summed E-state index contributed by atoms with van der Waals surface area (Å²) < 4.78 is 1.96. The van der Waals surface area contributed by atoms with E-state index in [-0.39, 0.29) is 12.2 Å². The van der Waals surface area contributed by atoms with Crippen molar-refractivity contribution in [2.75, 3.05) is 0 Å². The van der Waals surface area contributed by atoms with Crippen LogP contribution in [0.2, 0.25) is 0 Å². The first-order chi connectivity index (χ1) is 9.65. The van der Waals surface area contributed by atoms with Crippen molar-refractivity contribution in [3.8, 4) is 0 Å². The lowest BCUT2D eigenvalue weighted by Gasteiger charge is -2.02. The van der Waals surface area contributed by atoms with Crippen LogP contribution in [0.15, 0.2) is 42.6 Å². The van der Waals surface area contributed by atoms with E-state index < -0.39 is 0 Å². The first-order valence-electron chi connectivity index (χ1n) is 6.51. The highest BCUT2D eigenvalue weighted by Gasteiger charge is 2.14. The van der Waals surface area contributed by atoms with E-state index in [0.29, 0.717) is 5.69 Å². The number of hydrogen-bond donors (Lipinski definition) is 0. The zero-order valence-corrected chi connectivity index (χ0v) is 11.5. The summed E-state index contributed by atoms with van der Waals surface area (Å²) in [7, 11) is 1.93. The van der Waals surface area contributed by atoms with Crippen molar-refractivity contribution in [1.82, 2.24) is 14.5 Å². The summed E-state index contributed by atoms with van der Waals surface area (Å²) in [6.07, 6.45) is 1.93. The molecular weight excluding hydrogens is 250 g/mol. The van der Waals surface area contributed by atoms with Crippen LogP contribution >= 0.6 is 0 Å². The summed E-state index contributed by atoms with van der Waals surface area (Å²) in [4.78, 5) is 20.9. The summed E-state index contributed by atoms with van der Waals surface area (Å²) in [6, 6.07) is 11.6. The minimum absolute atomic E-state index is 0.00731. The third-order valence-corrected chi connectivity index (χ3v) is 3.40. The van der Waals surface area contributed by atoms with Crippen LogP contribution in [0, 0.1) is 6.92 Å². The van der Waals surface area contributed by atoms with Crippen LogP contribution in [-0.2, 0) is 13.5 Å². The van der Waals surface area contributed by atoms with Crippen LogP contribution in [-0.4, -0.2) is 20.3 Å². The topological polar surface area (TPSA) is 47.8 Å².